The van der Waals surface area contributed by atoms with Crippen LogP contribution in [0.25, 0.3) is 0 Å². The Bertz CT molecular complexity index is 431. The smallest absolute Gasteiger partial charge is 0.224 e. The van der Waals surface area contributed by atoms with Crippen LogP contribution in [0.15, 0.2) is 18.7 Å². The zero-order valence-corrected chi connectivity index (χ0v) is 11.2. The summed E-state index contributed by atoms with van der Waals surface area (Å²) in [6.45, 7) is 2.59. The molecule has 1 aliphatic carbocycles. The number of nitrogens with zero attached hydrogens (tertiary/aromatic N) is 3. The fourth-order valence-corrected chi connectivity index (χ4v) is 3.47. The number of rotatable bonds is 3. The summed E-state index contributed by atoms with van der Waals surface area (Å²) in [5.41, 5.74) is 6.02. The van der Waals surface area contributed by atoms with Gasteiger partial charge in [0.2, 0.25) is 5.91 Å². The first-order valence-corrected chi connectivity index (χ1v) is 7.21. The Morgan fingerprint density at radius 2 is 2.16 bits per heavy atom. The van der Waals surface area contributed by atoms with Crippen LogP contribution in [-0.2, 0) is 11.3 Å². The second-order valence-electron chi connectivity index (χ2n) is 5.94. The zero-order valence-electron chi connectivity index (χ0n) is 11.2. The number of fused-ring (bicyclic) bond motifs is 1. The molecule has 5 heteroatoms. The Morgan fingerprint density at radius 3 is 2.95 bits per heavy atom. The Labute approximate surface area is 113 Å². The third-order valence-electron chi connectivity index (χ3n) is 4.59. The molecule has 0 aromatic carbocycles. The van der Waals surface area contributed by atoms with Gasteiger partial charge < -0.3 is 15.2 Å². The van der Waals surface area contributed by atoms with Gasteiger partial charge >= 0.3 is 0 Å². The van der Waals surface area contributed by atoms with E-state index in [-0.39, 0.29) is 5.91 Å². The highest BCUT2D eigenvalue weighted by Crippen LogP contribution is 2.35. The first-order valence-electron chi connectivity index (χ1n) is 7.21. The minimum atomic E-state index is 0.275. The lowest BCUT2D eigenvalue weighted by atomic mass is 9.79. The highest BCUT2D eigenvalue weighted by Gasteiger charge is 2.38. The minimum Gasteiger partial charge on any atom is -0.342 e. The van der Waals surface area contributed by atoms with Crippen molar-refractivity contribution in [1.82, 2.24) is 14.5 Å². The molecule has 0 spiro atoms. The van der Waals surface area contributed by atoms with Gasteiger partial charge in [-0.15, -0.1) is 0 Å². The third kappa shape index (κ3) is 2.81. The highest BCUT2D eigenvalue weighted by molar-refractivity contribution is 5.76. The predicted octanol–water partition coefficient (Wildman–Crippen LogP) is 0.859. The highest BCUT2D eigenvalue weighted by atomic mass is 16.2. The maximum absolute atomic E-state index is 12.2. The molecule has 1 saturated heterocycles. The van der Waals surface area contributed by atoms with Crippen molar-refractivity contribution in [1.29, 1.82) is 0 Å². The average molecular weight is 262 g/mol. The monoisotopic (exact) mass is 262 g/mol. The van der Waals surface area contributed by atoms with Crippen LogP contribution in [-0.4, -0.2) is 39.5 Å². The topological polar surface area (TPSA) is 64.2 Å². The molecule has 19 heavy (non-hydrogen) atoms. The molecule has 2 fully saturated rings. The Morgan fingerprint density at radius 1 is 1.32 bits per heavy atom. The lowest BCUT2D eigenvalue weighted by Gasteiger charge is -2.27. The van der Waals surface area contributed by atoms with Crippen molar-refractivity contribution in [3.63, 3.8) is 0 Å². The van der Waals surface area contributed by atoms with Crippen LogP contribution >= 0.6 is 0 Å². The number of amides is 1. The van der Waals surface area contributed by atoms with Crippen LogP contribution in [0.5, 0.6) is 0 Å². The molecular formula is C14H22N4O. The molecule has 2 N–H and O–H groups in total. The quantitative estimate of drug-likeness (QED) is 0.878. The van der Waals surface area contributed by atoms with Crippen molar-refractivity contribution in [2.45, 2.75) is 38.3 Å². The lowest BCUT2D eigenvalue weighted by Crippen LogP contribution is -2.32. The normalized spacial score (nSPS) is 30.4. The van der Waals surface area contributed by atoms with Gasteiger partial charge in [0.15, 0.2) is 0 Å². The maximum atomic E-state index is 12.2. The van der Waals surface area contributed by atoms with E-state index >= 15 is 0 Å². The van der Waals surface area contributed by atoms with Gasteiger partial charge in [-0.05, 0) is 31.1 Å². The van der Waals surface area contributed by atoms with Crippen molar-refractivity contribution in [2.75, 3.05) is 13.1 Å². The van der Waals surface area contributed by atoms with E-state index in [9.17, 15) is 4.79 Å². The summed E-state index contributed by atoms with van der Waals surface area (Å²) in [6.07, 6.45) is 9.38. The average Bonchev–Trinajstić information content (AvgIpc) is 3.04. The summed E-state index contributed by atoms with van der Waals surface area (Å²) in [7, 11) is 0. The molecule has 1 aromatic heterocycles. The van der Waals surface area contributed by atoms with E-state index in [1.807, 2.05) is 15.7 Å². The Kier molecular flexibility index (Phi) is 3.55. The number of nitrogens with two attached hydrogens (primary N) is 1. The van der Waals surface area contributed by atoms with Crippen LogP contribution in [0.2, 0.25) is 0 Å². The number of carbonyl (C=O) groups excluding carboxylic acids is 1. The molecule has 1 aromatic rings. The Balaban J connectivity index is 1.51. The summed E-state index contributed by atoms with van der Waals surface area (Å²) in [5, 5.41) is 0. The summed E-state index contributed by atoms with van der Waals surface area (Å²) in [6, 6.07) is 0.349. The predicted molar refractivity (Wildman–Crippen MR) is 72.2 cm³/mol. The number of hydrogen-bond acceptors (Lipinski definition) is 3. The number of carbonyl (C=O) groups is 1. The minimum absolute atomic E-state index is 0.275. The van der Waals surface area contributed by atoms with Crippen LogP contribution < -0.4 is 5.73 Å². The van der Waals surface area contributed by atoms with E-state index in [4.69, 9.17) is 5.73 Å². The van der Waals surface area contributed by atoms with Crippen LogP contribution in [0.4, 0.5) is 0 Å². The number of imidazole rings is 1. The molecule has 3 atom stereocenters. The van der Waals surface area contributed by atoms with Crippen molar-refractivity contribution in [3.05, 3.63) is 18.7 Å². The van der Waals surface area contributed by atoms with E-state index in [1.165, 1.54) is 6.42 Å². The number of aryl methyl sites for hydroxylation is 1. The molecule has 104 valence electrons. The molecule has 2 aliphatic rings. The van der Waals surface area contributed by atoms with E-state index in [2.05, 4.69) is 4.98 Å². The molecule has 1 saturated carbocycles. The molecule has 5 nitrogen and oxygen atoms in total. The second kappa shape index (κ2) is 5.33. The number of likely N-dealkylation sites (tertiary alicyclic amines) is 1. The summed E-state index contributed by atoms with van der Waals surface area (Å²) < 4.78 is 1.96. The van der Waals surface area contributed by atoms with Crippen LogP contribution in [0.1, 0.15) is 25.7 Å². The van der Waals surface area contributed by atoms with Gasteiger partial charge in [-0.3, -0.25) is 4.79 Å². The first-order chi connectivity index (χ1) is 9.22. The van der Waals surface area contributed by atoms with Gasteiger partial charge in [0.05, 0.1) is 6.33 Å². The molecule has 0 bridgehead atoms. The van der Waals surface area contributed by atoms with E-state index in [1.54, 1.807) is 12.5 Å². The SMILES string of the molecule is NC1CC[C@@H]2CN(C(=O)CCn3ccnc3)C[C@@H]2C1. The van der Waals surface area contributed by atoms with Crippen molar-refractivity contribution >= 4 is 5.91 Å². The summed E-state index contributed by atoms with van der Waals surface area (Å²) >= 11 is 0. The fourth-order valence-electron chi connectivity index (χ4n) is 3.47. The van der Waals surface area contributed by atoms with Crippen molar-refractivity contribution < 1.29 is 4.79 Å². The van der Waals surface area contributed by atoms with Crippen LogP contribution in [0.3, 0.4) is 0 Å². The lowest BCUT2D eigenvalue weighted by molar-refractivity contribution is -0.130. The van der Waals surface area contributed by atoms with E-state index in [0.29, 0.717) is 24.3 Å². The zero-order chi connectivity index (χ0) is 13.2. The standard InChI is InChI=1S/C14H22N4O/c15-13-2-1-11-8-18(9-12(11)7-13)14(19)3-5-17-6-4-16-10-17/h4,6,10-13H,1-3,5,7-9,15H2/t11-,12+,13?/m1/s1. The largest absolute Gasteiger partial charge is 0.342 e. The van der Waals surface area contributed by atoms with Gasteiger partial charge in [0, 0.05) is 44.5 Å². The molecule has 1 amide bonds. The maximum Gasteiger partial charge on any atom is 0.224 e. The van der Waals surface area contributed by atoms with Gasteiger partial charge in [-0.25, -0.2) is 4.98 Å². The number of aromatic nitrogens is 2. The third-order valence-corrected chi connectivity index (χ3v) is 4.59. The van der Waals surface area contributed by atoms with Crippen LogP contribution in [0, 0.1) is 11.8 Å². The van der Waals surface area contributed by atoms with Gasteiger partial charge in [-0.1, -0.05) is 0 Å². The molecule has 3 rings (SSSR count). The number of hydrogen-bond donors (Lipinski definition) is 1. The van der Waals surface area contributed by atoms with E-state index < -0.39 is 0 Å². The van der Waals surface area contributed by atoms with Gasteiger partial charge in [0.1, 0.15) is 0 Å². The Hall–Kier alpha value is -1.36. The van der Waals surface area contributed by atoms with Crippen molar-refractivity contribution in [3.8, 4) is 0 Å². The van der Waals surface area contributed by atoms with Crippen molar-refractivity contribution in [2.24, 2.45) is 17.6 Å². The molecule has 2 heterocycles. The summed E-state index contributed by atoms with van der Waals surface area (Å²) in [4.78, 5) is 18.3. The van der Waals surface area contributed by atoms with Gasteiger partial charge in [0.25, 0.3) is 0 Å². The fraction of sp³-hybridized carbons (Fsp3) is 0.714. The van der Waals surface area contributed by atoms with Gasteiger partial charge in [-0.2, -0.15) is 0 Å². The second-order valence-corrected chi connectivity index (χ2v) is 5.94. The van der Waals surface area contributed by atoms with E-state index in [0.717, 1.165) is 32.5 Å². The molecule has 0 radical (unpaired) electrons. The molecular weight excluding hydrogens is 240 g/mol. The molecule has 1 unspecified atom stereocenters. The summed E-state index contributed by atoms with van der Waals surface area (Å²) in [5.74, 6) is 1.61. The molecule has 1 aliphatic heterocycles. The first kappa shape index (κ1) is 12.7.